The zero-order valence-corrected chi connectivity index (χ0v) is 12.2. The highest BCUT2D eigenvalue weighted by Crippen LogP contribution is 2.28. The van der Waals surface area contributed by atoms with Crippen LogP contribution in [0.25, 0.3) is 0 Å². The van der Waals surface area contributed by atoms with Gasteiger partial charge in [-0.2, -0.15) is 4.98 Å². The summed E-state index contributed by atoms with van der Waals surface area (Å²) in [7, 11) is 0. The normalized spacial score (nSPS) is 10.3. The first-order valence-corrected chi connectivity index (χ1v) is 6.56. The van der Waals surface area contributed by atoms with Crippen molar-refractivity contribution in [3.05, 3.63) is 40.2 Å². The van der Waals surface area contributed by atoms with Crippen LogP contribution < -0.4 is 5.32 Å². The van der Waals surface area contributed by atoms with Crippen LogP contribution in [0.1, 0.15) is 23.0 Å². The quantitative estimate of drug-likeness (QED) is 0.869. The molecule has 0 aliphatic rings. The van der Waals surface area contributed by atoms with Crippen LogP contribution >= 0.6 is 15.9 Å². The van der Waals surface area contributed by atoms with Gasteiger partial charge < -0.3 is 14.5 Å². The number of nitrogens with one attached hydrogen (secondary N) is 1. The van der Waals surface area contributed by atoms with E-state index in [2.05, 4.69) is 26.2 Å². The maximum Gasteiger partial charge on any atom is 0.360 e. The van der Waals surface area contributed by atoms with Gasteiger partial charge in [-0.25, -0.2) is 4.79 Å². The molecular weight excluding hydrogens is 312 g/mol. The molecule has 0 radical (unpaired) electrons. The van der Waals surface area contributed by atoms with Gasteiger partial charge in [0.05, 0.1) is 12.3 Å². The van der Waals surface area contributed by atoms with Crippen LogP contribution in [0.15, 0.2) is 33.4 Å². The molecule has 5 nitrogen and oxygen atoms in total. The predicted octanol–water partition coefficient (Wildman–Crippen LogP) is 3.67. The van der Waals surface area contributed by atoms with Crippen molar-refractivity contribution in [2.45, 2.75) is 13.8 Å². The van der Waals surface area contributed by atoms with Crippen LogP contribution in [0.3, 0.4) is 0 Å². The van der Waals surface area contributed by atoms with Crippen LogP contribution in [-0.2, 0) is 4.74 Å². The van der Waals surface area contributed by atoms with Crippen molar-refractivity contribution >= 4 is 33.6 Å². The fourth-order valence-corrected chi connectivity index (χ4v) is 1.85. The minimum absolute atomic E-state index is 0.146. The summed E-state index contributed by atoms with van der Waals surface area (Å²) in [4.78, 5) is 15.5. The van der Waals surface area contributed by atoms with E-state index in [1.54, 1.807) is 6.92 Å². The van der Waals surface area contributed by atoms with Gasteiger partial charge in [0.15, 0.2) is 5.69 Å². The second-order valence-electron chi connectivity index (χ2n) is 3.82. The summed E-state index contributed by atoms with van der Waals surface area (Å²) in [6.45, 7) is 4.02. The zero-order valence-electron chi connectivity index (χ0n) is 10.6. The molecule has 1 aromatic carbocycles. The highest BCUT2D eigenvalue weighted by atomic mass is 79.9. The first kappa shape index (κ1) is 13.6. The van der Waals surface area contributed by atoms with E-state index in [0.717, 1.165) is 15.7 Å². The molecule has 0 fully saturated rings. The standard InChI is InChI=1S/C13H13BrN2O3/c1-3-18-12(17)10-7-19-13(16-10)15-9-6-4-5-8(2)11(9)14/h4-7H,3H2,1-2H3,(H,15,16). The lowest BCUT2D eigenvalue weighted by Gasteiger charge is -2.06. The number of esters is 1. The summed E-state index contributed by atoms with van der Waals surface area (Å²) >= 11 is 3.47. The monoisotopic (exact) mass is 324 g/mol. The lowest BCUT2D eigenvalue weighted by molar-refractivity contribution is 0.0519. The number of aromatic nitrogens is 1. The maximum atomic E-state index is 11.4. The van der Waals surface area contributed by atoms with Crippen molar-refractivity contribution in [3.8, 4) is 0 Å². The molecule has 0 atom stereocenters. The second-order valence-corrected chi connectivity index (χ2v) is 4.61. The van der Waals surface area contributed by atoms with Gasteiger partial charge in [0.2, 0.25) is 0 Å². The molecule has 0 saturated carbocycles. The number of hydrogen-bond donors (Lipinski definition) is 1. The van der Waals surface area contributed by atoms with Crippen molar-refractivity contribution in [2.24, 2.45) is 0 Å². The van der Waals surface area contributed by atoms with E-state index < -0.39 is 5.97 Å². The molecule has 1 N–H and O–H groups in total. The third kappa shape index (κ3) is 3.14. The Balaban J connectivity index is 2.16. The number of ether oxygens (including phenoxy) is 1. The lowest BCUT2D eigenvalue weighted by atomic mass is 10.2. The molecule has 0 aliphatic carbocycles. The number of aryl methyl sites for hydroxylation is 1. The average molecular weight is 325 g/mol. The maximum absolute atomic E-state index is 11.4. The molecule has 0 amide bonds. The highest BCUT2D eigenvalue weighted by molar-refractivity contribution is 9.10. The summed E-state index contributed by atoms with van der Waals surface area (Å²) in [6, 6.07) is 6.02. The largest absolute Gasteiger partial charge is 0.461 e. The summed E-state index contributed by atoms with van der Waals surface area (Å²) in [5.41, 5.74) is 2.05. The molecule has 1 aromatic heterocycles. The minimum Gasteiger partial charge on any atom is -0.461 e. The molecule has 2 rings (SSSR count). The van der Waals surface area contributed by atoms with E-state index in [1.165, 1.54) is 6.26 Å². The summed E-state index contributed by atoms with van der Waals surface area (Å²) in [5, 5.41) is 3.00. The number of oxazole rings is 1. The molecule has 0 bridgehead atoms. The number of hydrogen-bond acceptors (Lipinski definition) is 5. The highest BCUT2D eigenvalue weighted by Gasteiger charge is 2.14. The predicted molar refractivity (Wildman–Crippen MR) is 74.6 cm³/mol. The molecule has 0 spiro atoms. The van der Waals surface area contributed by atoms with Crippen molar-refractivity contribution in [1.82, 2.24) is 4.98 Å². The van der Waals surface area contributed by atoms with Crippen molar-refractivity contribution < 1.29 is 13.9 Å². The fourth-order valence-electron chi connectivity index (χ4n) is 1.49. The first-order chi connectivity index (χ1) is 9.11. The topological polar surface area (TPSA) is 64.4 Å². The third-order valence-electron chi connectivity index (χ3n) is 2.42. The molecule has 100 valence electrons. The SMILES string of the molecule is CCOC(=O)c1coc(Nc2cccc(C)c2Br)n1. The van der Waals surface area contributed by atoms with Crippen molar-refractivity contribution in [1.29, 1.82) is 0 Å². The molecule has 0 saturated heterocycles. The summed E-state index contributed by atoms with van der Waals surface area (Å²) in [5.74, 6) is -0.498. The minimum atomic E-state index is -0.498. The van der Waals surface area contributed by atoms with Gasteiger partial charge >= 0.3 is 5.97 Å². The Morgan fingerprint density at radius 3 is 3.05 bits per heavy atom. The Bertz CT molecular complexity index is 595. The summed E-state index contributed by atoms with van der Waals surface area (Å²) in [6.07, 6.45) is 1.27. The Morgan fingerprint density at radius 2 is 2.32 bits per heavy atom. The molecular formula is C13H13BrN2O3. The Labute approximate surface area is 119 Å². The van der Waals surface area contributed by atoms with Crippen molar-refractivity contribution in [3.63, 3.8) is 0 Å². The zero-order chi connectivity index (χ0) is 13.8. The average Bonchev–Trinajstić information content (AvgIpc) is 2.84. The Kier molecular flexibility index (Phi) is 4.21. The molecule has 1 heterocycles. The smallest absolute Gasteiger partial charge is 0.360 e. The number of carbonyl (C=O) groups excluding carboxylic acids is 1. The van der Waals surface area contributed by atoms with Crippen LogP contribution in [0.4, 0.5) is 11.7 Å². The van der Waals surface area contributed by atoms with E-state index in [1.807, 2.05) is 25.1 Å². The van der Waals surface area contributed by atoms with Gasteiger partial charge in [0, 0.05) is 4.47 Å². The van der Waals surface area contributed by atoms with Gasteiger partial charge in [-0.3, -0.25) is 0 Å². The van der Waals surface area contributed by atoms with Gasteiger partial charge in [0.1, 0.15) is 6.26 Å². The van der Waals surface area contributed by atoms with Crippen LogP contribution in [-0.4, -0.2) is 17.6 Å². The Hall–Kier alpha value is -1.82. The van der Waals surface area contributed by atoms with Crippen LogP contribution in [0, 0.1) is 6.92 Å². The van der Waals surface area contributed by atoms with E-state index in [4.69, 9.17) is 9.15 Å². The van der Waals surface area contributed by atoms with E-state index >= 15 is 0 Å². The van der Waals surface area contributed by atoms with Gasteiger partial charge in [0.25, 0.3) is 6.01 Å². The number of halogens is 1. The Morgan fingerprint density at radius 1 is 1.53 bits per heavy atom. The summed E-state index contributed by atoms with van der Waals surface area (Å²) < 4.78 is 10.9. The molecule has 6 heteroatoms. The van der Waals surface area contributed by atoms with Crippen LogP contribution in [0.5, 0.6) is 0 Å². The number of carbonyl (C=O) groups is 1. The molecule has 0 aliphatic heterocycles. The number of anilines is 2. The second kappa shape index (κ2) is 5.88. The first-order valence-electron chi connectivity index (χ1n) is 5.76. The lowest BCUT2D eigenvalue weighted by Crippen LogP contribution is -2.05. The van der Waals surface area contributed by atoms with E-state index in [9.17, 15) is 4.79 Å². The number of rotatable bonds is 4. The van der Waals surface area contributed by atoms with E-state index in [0.29, 0.717) is 6.61 Å². The number of nitrogens with zero attached hydrogens (tertiary/aromatic N) is 1. The van der Waals surface area contributed by atoms with Gasteiger partial charge in [-0.1, -0.05) is 12.1 Å². The molecule has 2 aromatic rings. The third-order valence-corrected chi connectivity index (χ3v) is 3.47. The molecule has 0 unspecified atom stereocenters. The van der Waals surface area contributed by atoms with Crippen LogP contribution in [0.2, 0.25) is 0 Å². The van der Waals surface area contributed by atoms with Gasteiger partial charge in [-0.15, -0.1) is 0 Å². The fraction of sp³-hybridized carbons (Fsp3) is 0.231. The van der Waals surface area contributed by atoms with Crippen molar-refractivity contribution in [2.75, 3.05) is 11.9 Å². The molecule has 19 heavy (non-hydrogen) atoms. The van der Waals surface area contributed by atoms with E-state index in [-0.39, 0.29) is 11.7 Å². The number of benzene rings is 1. The van der Waals surface area contributed by atoms with Gasteiger partial charge in [-0.05, 0) is 41.4 Å².